The van der Waals surface area contributed by atoms with Crippen molar-refractivity contribution in [2.24, 2.45) is 5.92 Å². The van der Waals surface area contributed by atoms with Gasteiger partial charge in [-0.1, -0.05) is 30.3 Å². The number of fused-ring (bicyclic) bond motifs is 1. The van der Waals surface area contributed by atoms with Crippen LogP contribution in [0.2, 0.25) is 0 Å². The number of benzene rings is 1. The Morgan fingerprint density at radius 2 is 1.94 bits per heavy atom. The van der Waals surface area contributed by atoms with Crippen LogP contribution in [-0.2, 0) is 10.0 Å². The molecule has 8 nitrogen and oxygen atoms in total. The number of hydrogen-bond acceptors (Lipinski definition) is 6. The van der Waals surface area contributed by atoms with Crippen molar-refractivity contribution in [3.05, 3.63) is 52.7 Å². The van der Waals surface area contributed by atoms with Crippen LogP contribution in [0.25, 0.3) is 17.3 Å². The number of piperidine rings is 1. The topological polar surface area (TPSA) is 106 Å². The van der Waals surface area contributed by atoms with E-state index in [-0.39, 0.29) is 0 Å². The van der Waals surface area contributed by atoms with E-state index in [2.05, 4.69) is 46.8 Å². The second-order valence-corrected chi connectivity index (χ2v) is 10.8. The molecular weight excluding hydrogens is 436 g/mol. The van der Waals surface area contributed by atoms with Gasteiger partial charge in [0.25, 0.3) is 0 Å². The number of allylic oxidation sites excluding steroid dienone is 1. The molecule has 4 rings (SSSR count). The van der Waals surface area contributed by atoms with E-state index >= 15 is 0 Å². The fraction of sp³-hybridized carbons (Fsp3) is 0.417. The Balaban J connectivity index is 1.62. The molecule has 0 atom stereocenters. The van der Waals surface area contributed by atoms with Crippen LogP contribution < -0.4 is 15.4 Å². The molecule has 3 N–H and O–H groups in total. The maximum absolute atomic E-state index is 11.4. The Morgan fingerprint density at radius 1 is 1.24 bits per heavy atom. The molecule has 0 spiro atoms. The molecule has 1 aliphatic rings. The summed E-state index contributed by atoms with van der Waals surface area (Å²) in [5, 5.41) is 4.51. The lowest BCUT2D eigenvalue weighted by Gasteiger charge is -2.33. The van der Waals surface area contributed by atoms with Gasteiger partial charge in [0.1, 0.15) is 11.6 Å². The van der Waals surface area contributed by atoms with Crippen LogP contribution in [0.1, 0.15) is 42.0 Å². The van der Waals surface area contributed by atoms with Crippen molar-refractivity contribution in [1.82, 2.24) is 19.3 Å². The van der Waals surface area contributed by atoms with Crippen molar-refractivity contribution in [2.75, 3.05) is 36.5 Å². The number of nitrogens with two attached hydrogens (primary N) is 1. The third-order valence-electron chi connectivity index (χ3n) is 6.44. The SMILES string of the molecule is C/C(=C\c1ccccc1C)c1cnn2c(N)c(C)c(N3CCC(CNS(C)(=O)=O)CC3)nc12. The fourth-order valence-corrected chi connectivity index (χ4v) is 4.89. The van der Waals surface area contributed by atoms with Crippen LogP contribution in [0, 0.1) is 19.8 Å². The molecule has 176 valence electrons. The number of anilines is 2. The van der Waals surface area contributed by atoms with Gasteiger partial charge in [0.05, 0.1) is 12.5 Å². The summed E-state index contributed by atoms with van der Waals surface area (Å²) in [7, 11) is -3.17. The van der Waals surface area contributed by atoms with E-state index in [0.29, 0.717) is 18.3 Å². The first-order valence-corrected chi connectivity index (χ1v) is 13.1. The smallest absolute Gasteiger partial charge is 0.208 e. The van der Waals surface area contributed by atoms with Crippen LogP contribution in [0.3, 0.4) is 0 Å². The zero-order valence-electron chi connectivity index (χ0n) is 19.7. The largest absolute Gasteiger partial charge is 0.383 e. The molecule has 1 aliphatic heterocycles. The Hall–Kier alpha value is -2.91. The summed E-state index contributed by atoms with van der Waals surface area (Å²) in [6.07, 6.45) is 6.98. The second kappa shape index (κ2) is 9.15. The zero-order chi connectivity index (χ0) is 23.8. The quantitative estimate of drug-likeness (QED) is 0.575. The molecule has 0 unspecified atom stereocenters. The summed E-state index contributed by atoms with van der Waals surface area (Å²) in [6.45, 7) is 8.24. The van der Waals surface area contributed by atoms with E-state index in [1.165, 1.54) is 17.4 Å². The average molecular weight is 469 g/mol. The molecule has 2 aromatic heterocycles. The lowest BCUT2D eigenvalue weighted by molar-refractivity contribution is 0.401. The molecule has 33 heavy (non-hydrogen) atoms. The lowest BCUT2D eigenvalue weighted by atomic mass is 9.97. The summed E-state index contributed by atoms with van der Waals surface area (Å²) in [5.41, 5.74) is 12.5. The Kier molecular flexibility index (Phi) is 6.45. The van der Waals surface area contributed by atoms with Gasteiger partial charge in [-0.15, -0.1) is 0 Å². The standard InChI is InChI=1S/C24H32N6O2S/c1-16-7-5-6-8-20(16)13-17(2)21-15-26-30-22(25)18(3)23(28-24(21)30)29-11-9-19(10-12-29)14-27-33(4,31)32/h5-8,13,15,19,27H,9-12,14,25H2,1-4H3/b17-13+. The molecule has 1 fully saturated rings. The van der Waals surface area contributed by atoms with E-state index in [0.717, 1.165) is 54.1 Å². The molecule has 0 saturated carbocycles. The third-order valence-corrected chi connectivity index (χ3v) is 7.13. The van der Waals surface area contributed by atoms with Crippen LogP contribution in [0.5, 0.6) is 0 Å². The van der Waals surface area contributed by atoms with Gasteiger partial charge in [-0.2, -0.15) is 9.61 Å². The van der Waals surface area contributed by atoms with Crippen molar-refractivity contribution >= 4 is 39.0 Å². The highest BCUT2D eigenvalue weighted by Crippen LogP contribution is 2.31. The third kappa shape index (κ3) is 5.04. The van der Waals surface area contributed by atoms with Crippen molar-refractivity contribution in [3.8, 4) is 0 Å². The Labute approximate surface area is 195 Å². The van der Waals surface area contributed by atoms with Gasteiger partial charge in [-0.25, -0.2) is 18.1 Å². The summed E-state index contributed by atoms with van der Waals surface area (Å²) >= 11 is 0. The van der Waals surface area contributed by atoms with Crippen molar-refractivity contribution in [1.29, 1.82) is 0 Å². The Morgan fingerprint density at radius 3 is 2.61 bits per heavy atom. The lowest BCUT2D eigenvalue weighted by Crippen LogP contribution is -2.39. The van der Waals surface area contributed by atoms with Crippen LogP contribution in [-0.4, -0.2) is 48.9 Å². The molecule has 1 saturated heterocycles. The van der Waals surface area contributed by atoms with E-state index < -0.39 is 10.0 Å². The van der Waals surface area contributed by atoms with Crippen molar-refractivity contribution < 1.29 is 8.42 Å². The molecular formula is C24H32N6O2S. The highest BCUT2D eigenvalue weighted by atomic mass is 32.2. The van der Waals surface area contributed by atoms with E-state index in [1.54, 1.807) is 4.52 Å². The molecule has 0 aliphatic carbocycles. The summed E-state index contributed by atoms with van der Waals surface area (Å²) < 4.78 is 27.2. The van der Waals surface area contributed by atoms with Gasteiger partial charge >= 0.3 is 0 Å². The van der Waals surface area contributed by atoms with Crippen molar-refractivity contribution in [2.45, 2.75) is 33.6 Å². The fourth-order valence-electron chi connectivity index (χ4n) is 4.35. The van der Waals surface area contributed by atoms with Crippen LogP contribution in [0.4, 0.5) is 11.6 Å². The monoisotopic (exact) mass is 468 g/mol. The minimum absolute atomic E-state index is 0.321. The van der Waals surface area contributed by atoms with E-state index in [4.69, 9.17) is 10.7 Å². The van der Waals surface area contributed by atoms with E-state index in [9.17, 15) is 8.42 Å². The first-order chi connectivity index (χ1) is 15.6. The highest BCUT2D eigenvalue weighted by molar-refractivity contribution is 7.88. The molecule has 1 aromatic carbocycles. The van der Waals surface area contributed by atoms with Gasteiger partial charge in [0.15, 0.2) is 5.65 Å². The summed E-state index contributed by atoms with van der Waals surface area (Å²) in [4.78, 5) is 7.26. The van der Waals surface area contributed by atoms with E-state index in [1.807, 2.05) is 25.3 Å². The van der Waals surface area contributed by atoms with Gasteiger partial charge in [-0.05, 0) is 56.2 Å². The minimum atomic E-state index is -3.17. The van der Waals surface area contributed by atoms with Gasteiger partial charge in [0, 0.05) is 30.8 Å². The number of aryl methyl sites for hydroxylation is 1. The number of nitrogens with one attached hydrogen (secondary N) is 1. The van der Waals surface area contributed by atoms with Crippen molar-refractivity contribution in [3.63, 3.8) is 0 Å². The summed E-state index contributed by atoms with van der Waals surface area (Å²) in [6, 6.07) is 8.27. The number of rotatable bonds is 6. The molecule has 3 heterocycles. The Bertz CT molecular complexity index is 1300. The number of sulfonamides is 1. The predicted octanol–water partition coefficient (Wildman–Crippen LogP) is 3.25. The summed E-state index contributed by atoms with van der Waals surface area (Å²) in [5.74, 6) is 1.79. The molecule has 3 aromatic rings. The first kappa shape index (κ1) is 23.3. The maximum atomic E-state index is 11.4. The van der Waals surface area contributed by atoms with Crippen LogP contribution in [0.15, 0.2) is 30.5 Å². The number of hydrogen-bond donors (Lipinski definition) is 2. The zero-order valence-corrected chi connectivity index (χ0v) is 20.5. The van der Waals surface area contributed by atoms with Gasteiger partial charge in [0.2, 0.25) is 10.0 Å². The van der Waals surface area contributed by atoms with Gasteiger partial charge < -0.3 is 10.6 Å². The maximum Gasteiger partial charge on any atom is 0.208 e. The normalized spacial score (nSPS) is 16.0. The number of nitrogen functional groups attached to an aromatic ring is 1. The second-order valence-electron chi connectivity index (χ2n) is 8.97. The average Bonchev–Trinajstić information content (AvgIpc) is 3.20. The minimum Gasteiger partial charge on any atom is -0.383 e. The molecule has 0 amide bonds. The molecule has 0 bridgehead atoms. The number of aromatic nitrogens is 3. The van der Waals surface area contributed by atoms with Gasteiger partial charge in [-0.3, -0.25) is 0 Å². The first-order valence-electron chi connectivity index (χ1n) is 11.2. The highest BCUT2D eigenvalue weighted by Gasteiger charge is 2.24. The molecule has 0 radical (unpaired) electrons. The van der Waals surface area contributed by atoms with Crippen LogP contribution >= 0.6 is 0 Å². The predicted molar refractivity (Wildman–Crippen MR) is 135 cm³/mol. The molecule has 9 heteroatoms. The number of nitrogens with zero attached hydrogens (tertiary/aromatic N) is 4.